The van der Waals surface area contributed by atoms with Gasteiger partial charge in [0.2, 0.25) is 0 Å². The lowest BCUT2D eigenvalue weighted by Crippen LogP contribution is -1.99. The lowest BCUT2D eigenvalue weighted by Gasteiger charge is -2.05. The lowest BCUT2D eigenvalue weighted by atomic mass is 10.2. The first-order valence-corrected chi connectivity index (χ1v) is 6.81. The average Bonchev–Trinajstić information content (AvgIpc) is 2.50. The Hall–Kier alpha value is -2.75. The smallest absolute Gasteiger partial charge is 0.168 e. The Morgan fingerprint density at radius 2 is 1.57 bits per heavy atom. The van der Waals surface area contributed by atoms with Gasteiger partial charge in [0.15, 0.2) is 5.82 Å². The minimum absolute atomic E-state index is 0.678. The maximum atomic E-state index is 4.53. The van der Waals surface area contributed by atoms with Crippen LogP contribution in [0.2, 0.25) is 0 Å². The van der Waals surface area contributed by atoms with Crippen LogP contribution in [-0.4, -0.2) is 16.2 Å². The van der Waals surface area contributed by atoms with E-state index in [1.165, 1.54) is 5.56 Å². The van der Waals surface area contributed by atoms with E-state index in [1.807, 2.05) is 43.3 Å². The molecule has 2 aromatic carbocycles. The Kier molecular flexibility index (Phi) is 3.60. The Labute approximate surface area is 123 Å². The van der Waals surface area contributed by atoms with Crippen molar-refractivity contribution in [3.8, 4) is 0 Å². The van der Waals surface area contributed by atoms with Crippen LogP contribution in [0.1, 0.15) is 16.8 Å². The van der Waals surface area contributed by atoms with Crippen LogP contribution in [0.15, 0.2) is 53.6 Å². The predicted octanol–water partition coefficient (Wildman–Crippen LogP) is 3.69. The zero-order chi connectivity index (χ0) is 14.7. The van der Waals surface area contributed by atoms with Crippen molar-refractivity contribution in [2.24, 2.45) is 5.10 Å². The van der Waals surface area contributed by atoms with E-state index in [-0.39, 0.29) is 0 Å². The Morgan fingerprint density at radius 3 is 2.29 bits per heavy atom. The molecule has 1 aromatic heterocycles. The number of aryl methyl sites for hydroxylation is 2. The Morgan fingerprint density at radius 1 is 0.905 bits per heavy atom. The van der Waals surface area contributed by atoms with Crippen molar-refractivity contribution in [2.45, 2.75) is 13.8 Å². The van der Waals surface area contributed by atoms with E-state index >= 15 is 0 Å². The maximum absolute atomic E-state index is 4.53. The molecule has 0 unspecified atom stereocenters. The van der Waals surface area contributed by atoms with E-state index < -0.39 is 0 Å². The minimum atomic E-state index is 0.678. The summed E-state index contributed by atoms with van der Waals surface area (Å²) in [7, 11) is 0. The van der Waals surface area contributed by atoms with E-state index in [0.717, 1.165) is 22.3 Å². The minimum Gasteiger partial charge on any atom is -0.260 e. The highest BCUT2D eigenvalue weighted by atomic mass is 15.3. The summed E-state index contributed by atoms with van der Waals surface area (Å²) in [5.41, 5.74) is 7.82. The molecule has 1 heterocycles. The fraction of sp³-hybridized carbons (Fsp3) is 0.118. The van der Waals surface area contributed by atoms with Crippen LogP contribution in [0.4, 0.5) is 5.82 Å². The van der Waals surface area contributed by atoms with Gasteiger partial charge in [0.05, 0.1) is 22.9 Å². The largest absolute Gasteiger partial charge is 0.260 e. The molecule has 0 radical (unpaired) electrons. The predicted molar refractivity (Wildman–Crippen MR) is 86.7 cm³/mol. The topological polar surface area (TPSA) is 50.2 Å². The number of rotatable bonds is 3. The van der Waals surface area contributed by atoms with Gasteiger partial charge in [0.1, 0.15) is 0 Å². The van der Waals surface area contributed by atoms with Crippen molar-refractivity contribution in [2.75, 3.05) is 5.43 Å². The number of nitrogens with zero attached hydrogens (tertiary/aromatic N) is 3. The van der Waals surface area contributed by atoms with E-state index in [9.17, 15) is 0 Å². The summed E-state index contributed by atoms with van der Waals surface area (Å²) < 4.78 is 0. The summed E-state index contributed by atoms with van der Waals surface area (Å²) >= 11 is 0. The first kappa shape index (κ1) is 13.2. The van der Waals surface area contributed by atoms with E-state index in [4.69, 9.17) is 0 Å². The normalized spacial score (nSPS) is 11.1. The molecule has 1 N–H and O–H groups in total. The second-order valence-electron chi connectivity index (χ2n) is 4.93. The monoisotopic (exact) mass is 276 g/mol. The molecule has 21 heavy (non-hydrogen) atoms. The van der Waals surface area contributed by atoms with Gasteiger partial charge in [-0.1, -0.05) is 42.0 Å². The van der Waals surface area contributed by atoms with E-state index in [1.54, 1.807) is 6.21 Å². The van der Waals surface area contributed by atoms with Gasteiger partial charge in [-0.15, -0.1) is 0 Å². The number of nitrogens with one attached hydrogen (secondary N) is 1. The molecule has 0 atom stereocenters. The molecule has 3 rings (SSSR count). The standard InChI is InChI=1S/C17H16N4/c1-12-7-9-14(10-8-12)11-18-21-17-13(2)19-15-5-3-4-6-16(15)20-17/h3-11H,1-2H3,(H,20,21)/b18-11-. The number of benzene rings is 2. The maximum Gasteiger partial charge on any atom is 0.168 e. The second-order valence-corrected chi connectivity index (χ2v) is 4.93. The van der Waals surface area contributed by atoms with Crippen LogP contribution < -0.4 is 5.43 Å². The van der Waals surface area contributed by atoms with Crippen molar-refractivity contribution in [3.63, 3.8) is 0 Å². The zero-order valence-electron chi connectivity index (χ0n) is 12.0. The quantitative estimate of drug-likeness (QED) is 0.586. The molecule has 4 nitrogen and oxygen atoms in total. The number of hydrazone groups is 1. The SMILES string of the molecule is Cc1ccc(/C=N\Nc2nc3ccccc3nc2C)cc1. The molecule has 4 heteroatoms. The summed E-state index contributed by atoms with van der Waals surface area (Å²) in [6, 6.07) is 16.0. The number of hydrogen-bond acceptors (Lipinski definition) is 4. The third-order valence-electron chi connectivity index (χ3n) is 3.21. The summed E-state index contributed by atoms with van der Waals surface area (Å²) in [5.74, 6) is 0.678. The first-order chi connectivity index (χ1) is 10.2. The Bertz CT molecular complexity index is 791. The molecule has 0 amide bonds. The van der Waals surface area contributed by atoms with Gasteiger partial charge in [0.25, 0.3) is 0 Å². The van der Waals surface area contributed by atoms with Crippen molar-refractivity contribution < 1.29 is 0 Å². The number of fused-ring (bicyclic) bond motifs is 1. The van der Waals surface area contributed by atoms with Crippen molar-refractivity contribution in [1.82, 2.24) is 9.97 Å². The van der Waals surface area contributed by atoms with Gasteiger partial charge in [-0.2, -0.15) is 5.10 Å². The zero-order valence-corrected chi connectivity index (χ0v) is 12.0. The molecule has 0 saturated heterocycles. The average molecular weight is 276 g/mol. The van der Waals surface area contributed by atoms with Gasteiger partial charge in [0, 0.05) is 0 Å². The van der Waals surface area contributed by atoms with Gasteiger partial charge in [-0.3, -0.25) is 5.43 Å². The number of hydrogen-bond donors (Lipinski definition) is 1. The summed E-state index contributed by atoms with van der Waals surface area (Å²) in [4.78, 5) is 9.05. The summed E-state index contributed by atoms with van der Waals surface area (Å²) in [6.45, 7) is 3.98. The van der Waals surface area contributed by atoms with Crippen LogP contribution in [0, 0.1) is 13.8 Å². The van der Waals surface area contributed by atoms with Crippen molar-refractivity contribution in [3.05, 3.63) is 65.4 Å². The summed E-state index contributed by atoms with van der Waals surface area (Å²) in [5, 5.41) is 4.23. The van der Waals surface area contributed by atoms with E-state index in [0.29, 0.717) is 5.82 Å². The van der Waals surface area contributed by atoms with Gasteiger partial charge in [-0.25, -0.2) is 9.97 Å². The molecular weight excluding hydrogens is 260 g/mol. The third-order valence-corrected chi connectivity index (χ3v) is 3.21. The molecule has 0 bridgehead atoms. The molecule has 0 aliphatic carbocycles. The van der Waals surface area contributed by atoms with Crippen LogP contribution >= 0.6 is 0 Å². The van der Waals surface area contributed by atoms with Gasteiger partial charge in [-0.05, 0) is 31.5 Å². The van der Waals surface area contributed by atoms with Crippen LogP contribution in [-0.2, 0) is 0 Å². The highest BCUT2D eigenvalue weighted by Gasteiger charge is 2.03. The first-order valence-electron chi connectivity index (χ1n) is 6.81. The molecule has 0 fully saturated rings. The Balaban J connectivity index is 1.81. The molecule has 3 aromatic rings. The third kappa shape index (κ3) is 3.05. The van der Waals surface area contributed by atoms with Crippen molar-refractivity contribution in [1.29, 1.82) is 0 Å². The highest BCUT2D eigenvalue weighted by molar-refractivity contribution is 5.80. The molecule has 0 aliphatic heterocycles. The molecule has 104 valence electrons. The fourth-order valence-electron chi connectivity index (χ4n) is 2.01. The van der Waals surface area contributed by atoms with Gasteiger partial charge < -0.3 is 0 Å². The highest BCUT2D eigenvalue weighted by Crippen LogP contribution is 2.15. The van der Waals surface area contributed by atoms with Crippen LogP contribution in [0.25, 0.3) is 11.0 Å². The number of aromatic nitrogens is 2. The molecular formula is C17H16N4. The van der Waals surface area contributed by atoms with Gasteiger partial charge >= 0.3 is 0 Å². The molecule has 0 aliphatic rings. The second kappa shape index (κ2) is 5.71. The number of para-hydroxylation sites is 2. The molecule has 0 spiro atoms. The van der Waals surface area contributed by atoms with Crippen LogP contribution in [0.5, 0.6) is 0 Å². The van der Waals surface area contributed by atoms with Crippen molar-refractivity contribution >= 4 is 23.1 Å². The fourth-order valence-corrected chi connectivity index (χ4v) is 2.01. The molecule has 0 saturated carbocycles. The van der Waals surface area contributed by atoms with Crippen LogP contribution in [0.3, 0.4) is 0 Å². The number of anilines is 1. The van der Waals surface area contributed by atoms with E-state index in [2.05, 4.69) is 39.6 Å². The lowest BCUT2D eigenvalue weighted by molar-refractivity contribution is 1.15. The summed E-state index contributed by atoms with van der Waals surface area (Å²) in [6.07, 6.45) is 1.77.